The Hall–Kier alpha value is -0.610. The molecule has 0 amide bonds. The molecule has 0 spiro atoms. The van der Waals surface area contributed by atoms with Gasteiger partial charge in [0.15, 0.2) is 5.82 Å². The quantitative estimate of drug-likeness (QED) is 0.760. The molecule has 0 atom stereocenters. The SMILES string of the molecule is CC(C)(C)c1nc(CCNCl)no1. The zero-order chi connectivity index (χ0) is 9.90. The Morgan fingerprint density at radius 2 is 2.15 bits per heavy atom. The lowest BCUT2D eigenvalue weighted by molar-refractivity contribution is 0.318. The minimum atomic E-state index is -0.0837. The fourth-order valence-corrected chi connectivity index (χ4v) is 0.914. The van der Waals surface area contributed by atoms with Crippen molar-refractivity contribution in [3.8, 4) is 0 Å². The summed E-state index contributed by atoms with van der Waals surface area (Å²) in [6.45, 7) is 6.74. The van der Waals surface area contributed by atoms with E-state index in [1.165, 1.54) is 0 Å². The third-order valence-corrected chi connectivity index (χ3v) is 1.74. The maximum absolute atomic E-state index is 5.31. The largest absolute Gasteiger partial charge is 0.339 e. The van der Waals surface area contributed by atoms with Gasteiger partial charge in [0.2, 0.25) is 5.89 Å². The van der Waals surface area contributed by atoms with Crippen molar-refractivity contribution in [3.63, 3.8) is 0 Å². The Bertz CT molecular complexity index is 267. The normalized spacial score (nSPS) is 12.0. The number of hydrogen-bond acceptors (Lipinski definition) is 4. The molecule has 0 saturated carbocycles. The number of nitrogens with zero attached hydrogens (tertiary/aromatic N) is 2. The number of nitrogens with one attached hydrogen (secondary N) is 1. The van der Waals surface area contributed by atoms with Gasteiger partial charge in [0.05, 0.1) is 0 Å². The van der Waals surface area contributed by atoms with Gasteiger partial charge < -0.3 is 4.52 Å². The van der Waals surface area contributed by atoms with Crippen molar-refractivity contribution in [2.24, 2.45) is 0 Å². The van der Waals surface area contributed by atoms with Crippen molar-refractivity contribution >= 4 is 11.8 Å². The zero-order valence-electron chi connectivity index (χ0n) is 8.09. The molecule has 1 N–H and O–H groups in total. The van der Waals surface area contributed by atoms with Crippen LogP contribution in [0.5, 0.6) is 0 Å². The van der Waals surface area contributed by atoms with E-state index in [-0.39, 0.29) is 5.41 Å². The molecule has 0 bridgehead atoms. The van der Waals surface area contributed by atoms with Crippen LogP contribution in [0.4, 0.5) is 0 Å². The first-order valence-electron chi connectivity index (χ1n) is 4.20. The van der Waals surface area contributed by atoms with Gasteiger partial charge in [-0.2, -0.15) is 4.98 Å². The Morgan fingerprint density at radius 1 is 1.46 bits per heavy atom. The molecule has 0 radical (unpaired) electrons. The second-order valence-electron chi connectivity index (χ2n) is 3.90. The summed E-state index contributed by atoms with van der Waals surface area (Å²) in [6.07, 6.45) is 0.684. The van der Waals surface area contributed by atoms with Crippen molar-refractivity contribution in [1.82, 2.24) is 15.0 Å². The van der Waals surface area contributed by atoms with E-state index in [9.17, 15) is 0 Å². The first kappa shape index (κ1) is 10.5. The highest BCUT2D eigenvalue weighted by Crippen LogP contribution is 2.19. The van der Waals surface area contributed by atoms with E-state index in [1.807, 2.05) is 20.8 Å². The molecule has 0 aliphatic heterocycles. The number of halogens is 1. The van der Waals surface area contributed by atoms with Gasteiger partial charge in [0, 0.05) is 18.4 Å². The molecule has 1 aromatic heterocycles. The molecule has 74 valence electrons. The van der Waals surface area contributed by atoms with Crippen molar-refractivity contribution in [2.75, 3.05) is 6.54 Å². The van der Waals surface area contributed by atoms with Crippen LogP contribution < -0.4 is 4.84 Å². The van der Waals surface area contributed by atoms with Gasteiger partial charge in [-0.05, 0) is 11.8 Å². The highest BCUT2D eigenvalue weighted by Gasteiger charge is 2.21. The summed E-state index contributed by atoms with van der Waals surface area (Å²) in [7, 11) is 0. The lowest BCUT2D eigenvalue weighted by atomic mass is 9.97. The zero-order valence-corrected chi connectivity index (χ0v) is 8.85. The Kier molecular flexibility index (Phi) is 3.27. The van der Waals surface area contributed by atoms with Crippen LogP contribution in [-0.4, -0.2) is 16.7 Å². The van der Waals surface area contributed by atoms with Crippen LogP contribution in [0.25, 0.3) is 0 Å². The maximum Gasteiger partial charge on any atom is 0.232 e. The van der Waals surface area contributed by atoms with E-state index < -0.39 is 0 Å². The van der Waals surface area contributed by atoms with E-state index in [1.54, 1.807) is 0 Å². The number of aromatic nitrogens is 2. The predicted octanol–water partition coefficient (Wildman–Crippen LogP) is 1.65. The molecule has 4 nitrogen and oxygen atoms in total. The van der Waals surface area contributed by atoms with E-state index in [0.29, 0.717) is 24.7 Å². The first-order chi connectivity index (χ1) is 6.04. The summed E-state index contributed by atoms with van der Waals surface area (Å²) in [5.41, 5.74) is -0.0837. The first-order valence-corrected chi connectivity index (χ1v) is 4.58. The second-order valence-corrected chi connectivity index (χ2v) is 4.17. The summed E-state index contributed by atoms with van der Waals surface area (Å²) < 4.78 is 5.09. The van der Waals surface area contributed by atoms with Gasteiger partial charge in [-0.25, -0.2) is 4.84 Å². The van der Waals surface area contributed by atoms with E-state index in [2.05, 4.69) is 15.0 Å². The van der Waals surface area contributed by atoms with E-state index in [0.717, 1.165) is 0 Å². The molecule has 5 heteroatoms. The fraction of sp³-hybridized carbons (Fsp3) is 0.750. The van der Waals surface area contributed by atoms with E-state index >= 15 is 0 Å². The highest BCUT2D eigenvalue weighted by molar-refractivity contribution is 6.13. The van der Waals surface area contributed by atoms with Crippen LogP contribution >= 0.6 is 11.8 Å². The van der Waals surface area contributed by atoms with Crippen LogP contribution in [0.1, 0.15) is 32.5 Å². The fourth-order valence-electron chi connectivity index (χ4n) is 0.819. The van der Waals surface area contributed by atoms with Gasteiger partial charge in [0.1, 0.15) is 0 Å². The molecule has 1 aromatic rings. The topological polar surface area (TPSA) is 51.0 Å². The van der Waals surface area contributed by atoms with E-state index in [4.69, 9.17) is 16.3 Å². The minimum Gasteiger partial charge on any atom is -0.339 e. The summed E-state index contributed by atoms with van der Waals surface area (Å²) in [5, 5.41) is 3.84. The third-order valence-electron chi connectivity index (χ3n) is 1.55. The van der Waals surface area contributed by atoms with Gasteiger partial charge >= 0.3 is 0 Å². The average molecular weight is 204 g/mol. The summed E-state index contributed by atoms with van der Waals surface area (Å²) >= 11 is 5.31. The van der Waals surface area contributed by atoms with Gasteiger partial charge in [-0.3, -0.25) is 0 Å². The number of rotatable bonds is 3. The third kappa shape index (κ3) is 2.97. The molecule has 0 saturated heterocycles. The summed E-state index contributed by atoms with van der Waals surface area (Å²) in [6, 6.07) is 0. The van der Waals surface area contributed by atoms with Gasteiger partial charge in [0.25, 0.3) is 0 Å². The minimum absolute atomic E-state index is 0.0837. The molecule has 0 unspecified atom stereocenters. The van der Waals surface area contributed by atoms with Crippen LogP contribution in [0.2, 0.25) is 0 Å². The molecule has 0 aliphatic rings. The van der Waals surface area contributed by atoms with Gasteiger partial charge in [-0.1, -0.05) is 25.9 Å². The van der Waals surface area contributed by atoms with Crippen LogP contribution in [0, 0.1) is 0 Å². The lowest BCUT2D eigenvalue weighted by Gasteiger charge is -2.10. The average Bonchev–Trinajstić information content (AvgIpc) is 2.47. The number of hydrogen-bond donors (Lipinski definition) is 1. The van der Waals surface area contributed by atoms with Crippen molar-refractivity contribution in [3.05, 3.63) is 11.7 Å². The molecule has 0 fully saturated rings. The Balaban J connectivity index is 2.64. The molecule has 13 heavy (non-hydrogen) atoms. The standard InChI is InChI=1S/C8H14ClN3O/c1-8(2,3)7-11-6(12-13-7)4-5-10-9/h10H,4-5H2,1-3H3. The van der Waals surface area contributed by atoms with Crippen LogP contribution in [-0.2, 0) is 11.8 Å². The van der Waals surface area contributed by atoms with Crippen molar-refractivity contribution < 1.29 is 4.52 Å². The Labute approximate surface area is 82.8 Å². The predicted molar refractivity (Wildman–Crippen MR) is 50.6 cm³/mol. The molecule has 0 aliphatic carbocycles. The van der Waals surface area contributed by atoms with Crippen LogP contribution in [0.15, 0.2) is 4.52 Å². The summed E-state index contributed by atoms with van der Waals surface area (Å²) in [5.74, 6) is 1.36. The monoisotopic (exact) mass is 203 g/mol. The maximum atomic E-state index is 5.31. The Morgan fingerprint density at radius 3 is 2.62 bits per heavy atom. The molecule has 0 aromatic carbocycles. The summed E-state index contributed by atoms with van der Waals surface area (Å²) in [4.78, 5) is 6.76. The lowest BCUT2D eigenvalue weighted by Crippen LogP contribution is -2.12. The second kappa shape index (κ2) is 4.07. The molecular weight excluding hydrogens is 190 g/mol. The van der Waals surface area contributed by atoms with Crippen LogP contribution in [0.3, 0.4) is 0 Å². The highest BCUT2D eigenvalue weighted by atomic mass is 35.5. The molecule has 1 rings (SSSR count). The van der Waals surface area contributed by atoms with Crippen molar-refractivity contribution in [2.45, 2.75) is 32.6 Å². The smallest absolute Gasteiger partial charge is 0.232 e. The molecular formula is C8H14ClN3O. The van der Waals surface area contributed by atoms with Gasteiger partial charge in [-0.15, -0.1) is 0 Å². The van der Waals surface area contributed by atoms with Crippen molar-refractivity contribution in [1.29, 1.82) is 0 Å². The molecule has 1 heterocycles.